The van der Waals surface area contributed by atoms with Crippen LogP contribution in [0.4, 0.5) is 0 Å². The summed E-state index contributed by atoms with van der Waals surface area (Å²) in [4.78, 5) is 12.3. The summed E-state index contributed by atoms with van der Waals surface area (Å²) in [5, 5.41) is 22.8. The van der Waals surface area contributed by atoms with E-state index < -0.39 is 11.4 Å². The number of hydrogen-bond acceptors (Lipinski definition) is 3. The molecule has 190 valence electrons. The van der Waals surface area contributed by atoms with Gasteiger partial charge in [-0.15, -0.1) is 0 Å². The standard InChI is InChI=1S/C31H42O4/c1-8-35-25-19(2)20-9-10-23-29(5,21(20)17-22(25)32)14-16-31(7)24-18-28(4,26(33)34)12-11-27(24,3)13-15-30(23,31)6/h9-10,17,24,32H,2,8,11-16,18H2,1,3-7H3,(H,33,34). The number of aliphatic carboxylic acids is 1. The molecular weight excluding hydrogens is 436 g/mol. The first-order chi connectivity index (χ1) is 16.3. The van der Waals surface area contributed by atoms with Gasteiger partial charge in [-0.05, 0) is 97.8 Å². The van der Waals surface area contributed by atoms with Crippen LogP contribution in [0.1, 0.15) is 92.1 Å². The third-order valence-corrected chi connectivity index (χ3v) is 11.5. The molecular formula is C31H42O4. The number of aromatic hydroxyl groups is 1. The first kappa shape index (κ1) is 24.5. The second-order valence-electron chi connectivity index (χ2n) is 13.2. The minimum atomic E-state index is -0.643. The van der Waals surface area contributed by atoms with Crippen molar-refractivity contribution in [3.8, 4) is 11.5 Å². The summed E-state index contributed by atoms with van der Waals surface area (Å²) in [7, 11) is 0. The molecule has 1 aromatic carbocycles. The summed E-state index contributed by atoms with van der Waals surface area (Å²) >= 11 is 0. The van der Waals surface area contributed by atoms with Crippen LogP contribution in [0.5, 0.6) is 11.5 Å². The molecule has 3 fully saturated rings. The maximum absolute atomic E-state index is 12.3. The van der Waals surface area contributed by atoms with E-state index in [9.17, 15) is 15.0 Å². The lowest BCUT2D eigenvalue weighted by Gasteiger charge is -2.69. The molecule has 6 atom stereocenters. The normalized spacial score (nSPS) is 41.9. The van der Waals surface area contributed by atoms with Crippen molar-refractivity contribution < 1.29 is 19.7 Å². The predicted octanol–water partition coefficient (Wildman–Crippen LogP) is 5.68. The minimum absolute atomic E-state index is 0.0222. The minimum Gasteiger partial charge on any atom is -0.504 e. The van der Waals surface area contributed by atoms with E-state index in [1.54, 1.807) is 0 Å². The number of carboxylic acid groups (broad SMARTS) is 1. The van der Waals surface area contributed by atoms with Crippen molar-refractivity contribution in [2.45, 2.75) is 91.9 Å². The average Bonchev–Trinajstić information content (AvgIpc) is 2.80. The summed E-state index contributed by atoms with van der Waals surface area (Å²) in [6.45, 7) is 18.3. The number of hydrogen-bond donors (Lipinski definition) is 2. The van der Waals surface area contributed by atoms with E-state index >= 15 is 0 Å². The van der Waals surface area contributed by atoms with Gasteiger partial charge in [-0.1, -0.05) is 52.0 Å². The molecule has 0 aliphatic heterocycles. The Bertz CT molecular complexity index is 1250. The van der Waals surface area contributed by atoms with Crippen molar-refractivity contribution >= 4 is 18.6 Å². The van der Waals surface area contributed by atoms with Crippen molar-refractivity contribution in [1.29, 1.82) is 0 Å². The summed E-state index contributed by atoms with van der Waals surface area (Å²) in [6, 6.07) is 1.92. The van der Waals surface area contributed by atoms with Crippen LogP contribution in [-0.4, -0.2) is 22.8 Å². The van der Waals surface area contributed by atoms with Crippen LogP contribution in [0.25, 0.3) is 12.7 Å². The zero-order valence-corrected chi connectivity index (χ0v) is 22.4. The Hall–Kier alpha value is -2.23. The molecule has 5 rings (SSSR count). The topological polar surface area (TPSA) is 66.8 Å². The lowest BCUT2D eigenvalue weighted by Crippen LogP contribution is -2.63. The molecule has 1 aromatic rings. The summed E-state index contributed by atoms with van der Waals surface area (Å²) in [5.41, 5.74) is 1.94. The van der Waals surface area contributed by atoms with Crippen molar-refractivity contribution in [3.63, 3.8) is 0 Å². The van der Waals surface area contributed by atoms with E-state index in [2.05, 4.69) is 46.4 Å². The molecule has 35 heavy (non-hydrogen) atoms. The van der Waals surface area contributed by atoms with Gasteiger partial charge in [0.2, 0.25) is 0 Å². The number of carboxylic acids is 1. The van der Waals surface area contributed by atoms with Crippen molar-refractivity contribution in [2.75, 3.05) is 6.61 Å². The van der Waals surface area contributed by atoms with Crippen LogP contribution in [0, 0.1) is 27.6 Å². The molecule has 0 amide bonds. The van der Waals surface area contributed by atoms with Gasteiger partial charge >= 0.3 is 5.97 Å². The number of fused-ring (bicyclic) bond motifs is 7. The molecule has 0 aromatic heterocycles. The maximum Gasteiger partial charge on any atom is 0.309 e. The highest BCUT2D eigenvalue weighted by molar-refractivity contribution is 5.74. The molecule has 6 unspecified atom stereocenters. The number of benzene rings is 1. The van der Waals surface area contributed by atoms with E-state index in [-0.39, 0.29) is 27.4 Å². The molecule has 0 radical (unpaired) electrons. The Morgan fingerprint density at radius 3 is 2.40 bits per heavy atom. The highest BCUT2D eigenvalue weighted by atomic mass is 16.5. The smallest absolute Gasteiger partial charge is 0.309 e. The van der Waals surface area contributed by atoms with Crippen LogP contribution in [0.2, 0.25) is 0 Å². The summed E-state index contributed by atoms with van der Waals surface area (Å²) in [5.74, 6) is 0.385. The molecule has 4 aliphatic rings. The van der Waals surface area contributed by atoms with Gasteiger partial charge in [0.1, 0.15) is 0 Å². The van der Waals surface area contributed by atoms with E-state index in [4.69, 9.17) is 4.74 Å². The molecule has 4 aliphatic carbocycles. The highest BCUT2D eigenvalue weighted by Gasteiger charge is 2.66. The Morgan fingerprint density at radius 1 is 1.06 bits per heavy atom. The van der Waals surface area contributed by atoms with Crippen LogP contribution < -0.4 is 15.2 Å². The van der Waals surface area contributed by atoms with E-state index in [0.29, 0.717) is 18.3 Å². The van der Waals surface area contributed by atoms with Crippen LogP contribution in [-0.2, 0) is 10.2 Å². The maximum atomic E-state index is 12.3. The number of rotatable bonds is 3. The lowest BCUT2D eigenvalue weighted by molar-refractivity contribution is -0.177. The SMILES string of the molecule is C=c1c(OCC)c(O)cc2c1=CC=C1C2(C)CCC2(C)C3CC(C)(C(=O)O)CCC3(C)CCC12C. The molecule has 0 heterocycles. The van der Waals surface area contributed by atoms with Crippen molar-refractivity contribution in [2.24, 2.45) is 27.6 Å². The monoisotopic (exact) mass is 478 g/mol. The van der Waals surface area contributed by atoms with E-state index in [1.807, 2.05) is 19.9 Å². The fourth-order valence-electron chi connectivity index (χ4n) is 8.86. The van der Waals surface area contributed by atoms with Crippen LogP contribution in [0.3, 0.4) is 0 Å². The van der Waals surface area contributed by atoms with E-state index in [0.717, 1.165) is 60.9 Å². The lowest BCUT2D eigenvalue weighted by atomic mass is 9.35. The van der Waals surface area contributed by atoms with E-state index in [1.165, 1.54) is 5.57 Å². The molecule has 0 spiro atoms. The summed E-state index contributed by atoms with van der Waals surface area (Å²) in [6.07, 6.45) is 11.3. The van der Waals surface area contributed by atoms with Gasteiger partial charge in [0.25, 0.3) is 0 Å². The molecule has 3 saturated carbocycles. The second kappa shape index (κ2) is 7.40. The largest absolute Gasteiger partial charge is 0.504 e. The fraction of sp³-hybridized carbons (Fsp3) is 0.645. The Kier molecular flexibility index (Phi) is 5.17. The molecule has 0 saturated heterocycles. The number of phenols is 1. The highest BCUT2D eigenvalue weighted by Crippen LogP contribution is 2.74. The van der Waals surface area contributed by atoms with Gasteiger partial charge in [0.15, 0.2) is 11.5 Å². The summed E-state index contributed by atoms with van der Waals surface area (Å²) < 4.78 is 5.73. The Labute approximate surface area is 209 Å². The molecule has 0 bridgehead atoms. The van der Waals surface area contributed by atoms with Crippen LogP contribution in [0.15, 0.2) is 17.7 Å². The number of phenolic OH excluding ortho intramolecular Hbond substituents is 1. The molecule has 4 nitrogen and oxygen atoms in total. The average molecular weight is 479 g/mol. The molecule has 4 heteroatoms. The van der Waals surface area contributed by atoms with Gasteiger partial charge in [0.05, 0.1) is 12.0 Å². The van der Waals surface area contributed by atoms with Gasteiger partial charge in [-0.3, -0.25) is 4.79 Å². The molecule has 2 N–H and O–H groups in total. The first-order valence-electron chi connectivity index (χ1n) is 13.4. The second-order valence-corrected chi connectivity index (χ2v) is 13.2. The quantitative estimate of drug-likeness (QED) is 0.587. The predicted molar refractivity (Wildman–Crippen MR) is 140 cm³/mol. The van der Waals surface area contributed by atoms with Gasteiger partial charge in [0, 0.05) is 10.6 Å². The zero-order valence-electron chi connectivity index (χ0n) is 22.4. The van der Waals surface area contributed by atoms with Crippen molar-refractivity contribution in [3.05, 3.63) is 33.7 Å². The van der Waals surface area contributed by atoms with Gasteiger partial charge in [-0.2, -0.15) is 0 Å². The first-order valence-corrected chi connectivity index (χ1v) is 13.4. The zero-order chi connectivity index (χ0) is 25.6. The fourth-order valence-corrected chi connectivity index (χ4v) is 8.86. The Morgan fingerprint density at radius 2 is 1.74 bits per heavy atom. The number of ether oxygens (including phenoxy) is 1. The van der Waals surface area contributed by atoms with Crippen LogP contribution >= 0.6 is 0 Å². The third kappa shape index (κ3) is 3.01. The van der Waals surface area contributed by atoms with Gasteiger partial charge < -0.3 is 14.9 Å². The third-order valence-electron chi connectivity index (χ3n) is 11.5. The van der Waals surface area contributed by atoms with Gasteiger partial charge in [-0.25, -0.2) is 0 Å². The van der Waals surface area contributed by atoms with Crippen molar-refractivity contribution in [1.82, 2.24) is 0 Å². The Balaban J connectivity index is 1.66. The number of allylic oxidation sites excluding steroid dienone is 2. The number of carbonyl (C=O) groups is 1.